The average Bonchev–Trinajstić information content (AvgIpc) is 2.81. The van der Waals surface area contributed by atoms with Gasteiger partial charge in [0.2, 0.25) is 0 Å². The lowest BCUT2D eigenvalue weighted by Gasteiger charge is -2.17. The van der Waals surface area contributed by atoms with Gasteiger partial charge in [0.05, 0.1) is 30.7 Å². The fourth-order valence-corrected chi connectivity index (χ4v) is 3.32. The zero-order valence-electron chi connectivity index (χ0n) is 11.4. The van der Waals surface area contributed by atoms with Crippen molar-refractivity contribution in [3.8, 4) is 0 Å². The maximum Gasteiger partial charge on any atom is 0.261 e. The van der Waals surface area contributed by atoms with Crippen molar-refractivity contribution >= 4 is 17.2 Å². The fraction of sp³-hybridized carbons (Fsp3) is 0.643. The highest BCUT2D eigenvalue weighted by Gasteiger charge is 2.20. The smallest absolute Gasteiger partial charge is 0.261 e. The molecule has 1 unspecified atom stereocenters. The Morgan fingerprint density at radius 1 is 1.58 bits per heavy atom. The number of amides is 1. The van der Waals surface area contributed by atoms with Crippen LogP contribution < -0.4 is 5.32 Å². The van der Waals surface area contributed by atoms with Crippen LogP contribution in [0.15, 0.2) is 6.07 Å². The lowest BCUT2D eigenvalue weighted by molar-refractivity contribution is 0.0912. The molecule has 2 rings (SSSR count). The van der Waals surface area contributed by atoms with Crippen LogP contribution in [0.25, 0.3) is 0 Å². The van der Waals surface area contributed by atoms with Gasteiger partial charge in [-0.25, -0.2) is 0 Å². The molecule has 0 radical (unpaired) electrons. The van der Waals surface area contributed by atoms with E-state index in [4.69, 9.17) is 4.74 Å². The molecule has 0 saturated heterocycles. The van der Waals surface area contributed by atoms with Crippen molar-refractivity contribution in [3.05, 3.63) is 21.4 Å². The maximum atomic E-state index is 12.2. The molecule has 0 aliphatic carbocycles. The summed E-state index contributed by atoms with van der Waals surface area (Å²) in [6, 6.07) is 1.75. The second kappa shape index (κ2) is 6.50. The van der Waals surface area contributed by atoms with Gasteiger partial charge >= 0.3 is 0 Å². The van der Waals surface area contributed by atoms with E-state index in [1.165, 1.54) is 4.88 Å². The molecule has 1 aromatic heterocycles. The number of thiophene rings is 1. The monoisotopic (exact) mass is 283 g/mol. The summed E-state index contributed by atoms with van der Waals surface area (Å²) < 4.78 is 5.38. The van der Waals surface area contributed by atoms with Crippen LogP contribution in [0.2, 0.25) is 0 Å². The van der Waals surface area contributed by atoms with Crippen molar-refractivity contribution in [2.75, 3.05) is 13.2 Å². The van der Waals surface area contributed by atoms with E-state index in [2.05, 4.69) is 19.2 Å². The van der Waals surface area contributed by atoms with Gasteiger partial charge in [-0.1, -0.05) is 13.8 Å². The summed E-state index contributed by atoms with van der Waals surface area (Å²) in [5.74, 6) is 0.362. The van der Waals surface area contributed by atoms with Crippen molar-refractivity contribution in [2.45, 2.75) is 39.3 Å². The molecule has 19 heavy (non-hydrogen) atoms. The van der Waals surface area contributed by atoms with E-state index in [1.807, 2.05) is 6.07 Å². The fourth-order valence-electron chi connectivity index (χ4n) is 2.26. The molecule has 0 bridgehead atoms. The van der Waals surface area contributed by atoms with Gasteiger partial charge in [0.25, 0.3) is 5.91 Å². The Bertz CT molecular complexity index is 418. The molecule has 1 atom stereocenters. The molecule has 0 aromatic carbocycles. The molecule has 1 aromatic rings. The van der Waals surface area contributed by atoms with E-state index in [-0.39, 0.29) is 18.6 Å². The zero-order valence-corrected chi connectivity index (χ0v) is 12.3. The Labute approximate surface area is 117 Å². The molecule has 0 fully saturated rings. The lowest BCUT2D eigenvalue weighted by atomic mass is 10.0. The minimum atomic E-state index is -0.164. The summed E-state index contributed by atoms with van der Waals surface area (Å²) in [4.78, 5) is 14.1. The summed E-state index contributed by atoms with van der Waals surface area (Å²) in [6.07, 6.45) is 1.68. The third-order valence-corrected chi connectivity index (χ3v) is 4.40. The first-order chi connectivity index (χ1) is 9.10. The summed E-state index contributed by atoms with van der Waals surface area (Å²) >= 11 is 1.54. The summed E-state index contributed by atoms with van der Waals surface area (Å²) in [6.45, 7) is 5.49. The summed E-state index contributed by atoms with van der Waals surface area (Å²) in [5, 5.41) is 12.2. The Kier molecular flexibility index (Phi) is 4.96. The molecule has 5 heteroatoms. The van der Waals surface area contributed by atoms with Crippen molar-refractivity contribution in [3.63, 3.8) is 0 Å². The first-order valence-electron chi connectivity index (χ1n) is 6.71. The first-order valence-corrected chi connectivity index (χ1v) is 7.53. The van der Waals surface area contributed by atoms with Crippen LogP contribution in [-0.4, -0.2) is 30.3 Å². The van der Waals surface area contributed by atoms with Gasteiger partial charge in [0.15, 0.2) is 0 Å². The normalized spacial score (nSPS) is 16.2. The molecule has 0 saturated carbocycles. The number of carbonyl (C=O) groups is 1. The van der Waals surface area contributed by atoms with Crippen LogP contribution >= 0.6 is 11.3 Å². The molecule has 1 amide bonds. The average molecular weight is 283 g/mol. The van der Waals surface area contributed by atoms with E-state index in [0.29, 0.717) is 12.5 Å². The minimum Gasteiger partial charge on any atom is -0.394 e. The van der Waals surface area contributed by atoms with Gasteiger partial charge in [0.1, 0.15) is 0 Å². The van der Waals surface area contributed by atoms with E-state index < -0.39 is 0 Å². The van der Waals surface area contributed by atoms with Gasteiger partial charge in [0, 0.05) is 11.3 Å². The number of aliphatic hydroxyl groups excluding tert-OH is 1. The van der Waals surface area contributed by atoms with Gasteiger partial charge in [-0.3, -0.25) is 4.79 Å². The van der Waals surface area contributed by atoms with Crippen molar-refractivity contribution in [1.29, 1.82) is 0 Å². The second-order valence-corrected chi connectivity index (χ2v) is 6.48. The maximum absolute atomic E-state index is 12.2. The van der Waals surface area contributed by atoms with Crippen LogP contribution in [0.1, 0.15) is 40.4 Å². The highest BCUT2D eigenvalue weighted by Crippen LogP contribution is 2.27. The summed E-state index contributed by atoms with van der Waals surface area (Å²) in [5.41, 5.74) is 1.13. The van der Waals surface area contributed by atoms with Crippen LogP contribution in [0, 0.1) is 5.92 Å². The number of hydrogen-bond acceptors (Lipinski definition) is 4. The minimum absolute atomic E-state index is 0.0158. The highest BCUT2D eigenvalue weighted by molar-refractivity contribution is 7.14. The van der Waals surface area contributed by atoms with Crippen molar-refractivity contribution in [2.24, 2.45) is 5.92 Å². The van der Waals surface area contributed by atoms with E-state index >= 15 is 0 Å². The van der Waals surface area contributed by atoms with Crippen molar-refractivity contribution in [1.82, 2.24) is 5.32 Å². The molecule has 4 nitrogen and oxygen atoms in total. The third-order valence-electron chi connectivity index (χ3n) is 3.16. The molecule has 106 valence electrons. The molecule has 1 aliphatic rings. The number of ether oxygens (including phenoxy) is 1. The van der Waals surface area contributed by atoms with E-state index in [1.54, 1.807) is 11.3 Å². The molecule has 1 aliphatic heterocycles. The predicted octanol–water partition coefficient (Wildman–Crippen LogP) is 1.96. The standard InChI is InChI=1S/C14H21NO3S/c1-9(2)5-11(7-16)15-14(17)13-6-10-8-18-4-3-12(10)19-13/h6,9,11,16H,3-5,7-8H2,1-2H3,(H,15,17). The van der Waals surface area contributed by atoms with Gasteiger partial charge < -0.3 is 15.2 Å². The Balaban J connectivity index is 2.00. The van der Waals surface area contributed by atoms with Crippen LogP contribution in [0.3, 0.4) is 0 Å². The molecule has 0 spiro atoms. The van der Waals surface area contributed by atoms with Crippen LogP contribution in [0.5, 0.6) is 0 Å². The third kappa shape index (κ3) is 3.78. The molecule has 2 heterocycles. The number of fused-ring (bicyclic) bond motifs is 1. The number of carbonyl (C=O) groups excluding carboxylic acids is 1. The zero-order chi connectivity index (χ0) is 13.8. The Hall–Kier alpha value is -0.910. The van der Waals surface area contributed by atoms with Gasteiger partial charge in [-0.15, -0.1) is 11.3 Å². The number of aliphatic hydroxyl groups is 1. The predicted molar refractivity (Wildman–Crippen MR) is 75.5 cm³/mol. The van der Waals surface area contributed by atoms with Gasteiger partial charge in [-0.2, -0.15) is 0 Å². The molecule has 2 N–H and O–H groups in total. The number of hydrogen-bond donors (Lipinski definition) is 2. The SMILES string of the molecule is CC(C)CC(CO)NC(=O)c1cc2c(s1)CCOC2. The van der Waals surface area contributed by atoms with Crippen LogP contribution in [0.4, 0.5) is 0 Å². The largest absolute Gasteiger partial charge is 0.394 e. The highest BCUT2D eigenvalue weighted by atomic mass is 32.1. The second-order valence-electron chi connectivity index (χ2n) is 5.34. The Morgan fingerprint density at radius 2 is 2.37 bits per heavy atom. The van der Waals surface area contributed by atoms with Gasteiger partial charge in [-0.05, 0) is 24.0 Å². The molecular formula is C14H21NO3S. The van der Waals surface area contributed by atoms with E-state index in [9.17, 15) is 9.90 Å². The van der Waals surface area contributed by atoms with Crippen LogP contribution in [-0.2, 0) is 17.8 Å². The van der Waals surface area contributed by atoms with E-state index in [0.717, 1.165) is 29.9 Å². The topological polar surface area (TPSA) is 58.6 Å². The lowest BCUT2D eigenvalue weighted by Crippen LogP contribution is -2.38. The number of nitrogens with one attached hydrogen (secondary N) is 1. The molecular weight excluding hydrogens is 262 g/mol. The summed E-state index contributed by atoms with van der Waals surface area (Å²) in [7, 11) is 0. The number of rotatable bonds is 5. The quantitative estimate of drug-likeness (QED) is 0.868. The van der Waals surface area contributed by atoms with Crippen molar-refractivity contribution < 1.29 is 14.6 Å². The Morgan fingerprint density at radius 3 is 3.00 bits per heavy atom. The first kappa shape index (κ1) is 14.5.